The molecule has 0 saturated carbocycles. The highest BCUT2D eigenvalue weighted by Crippen LogP contribution is 2.37. The Morgan fingerprint density at radius 3 is 2.82 bits per heavy atom. The first-order valence-corrected chi connectivity index (χ1v) is 6.86. The molecule has 0 saturated heterocycles. The van der Waals surface area contributed by atoms with E-state index in [1.54, 1.807) is 0 Å². The van der Waals surface area contributed by atoms with E-state index in [1.807, 2.05) is 18.3 Å². The highest BCUT2D eigenvalue weighted by Gasteiger charge is 2.19. The van der Waals surface area contributed by atoms with E-state index < -0.39 is 0 Å². The summed E-state index contributed by atoms with van der Waals surface area (Å²) in [6, 6.07) is 0. The van der Waals surface area contributed by atoms with Crippen molar-refractivity contribution < 1.29 is 0 Å². The first kappa shape index (κ1) is 10.9. The molecule has 5 heteroatoms. The lowest BCUT2D eigenvalue weighted by molar-refractivity contribution is 0.713. The Hall–Kier alpha value is -1.20. The zero-order valence-electron chi connectivity index (χ0n) is 9.92. The van der Waals surface area contributed by atoms with Crippen molar-refractivity contribution in [1.29, 1.82) is 0 Å². The summed E-state index contributed by atoms with van der Waals surface area (Å²) in [6.07, 6.45) is 6.19. The van der Waals surface area contributed by atoms with Crippen molar-refractivity contribution in [3.05, 3.63) is 16.3 Å². The zero-order valence-corrected chi connectivity index (χ0v) is 10.7. The monoisotopic (exact) mass is 248 g/mol. The molecular weight excluding hydrogens is 232 g/mol. The molecule has 17 heavy (non-hydrogen) atoms. The standard InChI is InChI=1S/C12H16N4S/c1-7-14-11(16-13)10-8-5-3-2-4-6-9(8)17-12(10)15-7/h2-6,13H2,1H3,(H,14,15,16). The molecule has 0 amide bonds. The Balaban J connectivity index is 2.28. The van der Waals surface area contributed by atoms with Gasteiger partial charge < -0.3 is 5.43 Å². The van der Waals surface area contributed by atoms with Crippen LogP contribution in [-0.2, 0) is 12.8 Å². The van der Waals surface area contributed by atoms with Crippen LogP contribution in [0.1, 0.15) is 35.5 Å². The summed E-state index contributed by atoms with van der Waals surface area (Å²) in [5.74, 6) is 7.14. The minimum absolute atomic E-state index is 0.779. The van der Waals surface area contributed by atoms with Gasteiger partial charge in [0.25, 0.3) is 0 Å². The molecule has 0 fully saturated rings. The third kappa shape index (κ3) is 1.79. The fourth-order valence-electron chi connectivity index (χ4n) is 2.55. The van der Waals surface area contributed by atoms with Gasteiger partial charge in [-0.05, 0) is 38.2 Å². The molecule has 0 spiro atoms. The molecule has 4 nitrogen and oxygen atoms in total. The molecule has 0 unspecified atom stereocenters. The summed E-state index contributed by atoms with van der Waals surface area (Å²) in [7, 11) is 0. The number of aryl methyl sites for hydroxylation is 3. The lowest BCUT2D eigenvalue weighted by Crippen LogP contribution is -2.10. The van der Waals surface area contributed by atoms with Gasteiger partial charge in [0.05, 0.1) is 5.39 Å². The van der Waals surface area contributed by atoms with Crippen molar-refractivity contribution in [2.75, 3.05) is 5.43 Å². The molecule has 3 rings (SSSR count). The van der Waals surface area contributed by atoms with Gasteiger partial charge >= 0.3 is 0 Å². The third-order valence-electron chi connectivity index (χ3n) is 3.31. The van der Waals surface area contributed by atoms with Crippen molar-refractivity contribution in [2.24, 2.45) is 5.84 Å². The Kier molecular flexibility index (Phi) is 2.72. The van der Waals surface area contributed by atoms with Crippen LogP contribution in [0.3, 0.4) is 0 Å². The van der Waals surface area contributed by atoms with E-state index >= 15 is 0 Å². The van der Waals surface area contributed by atoms with Gasteiger partial charge in [-0.2, -0.15) is 0 Å². The molecule has 1 aliphatic carbocycles. The SMILES string of the molecule is Cc1nc(NN)c2c3c(sc2n1)CCCCC3. The van der Waals surface area contributed by atoms with Crippen LogP contribution in [0.2, 0.25) is 0 Å². The Labute approximate surface area is 104 Å². The number of aromatic nitrogens is 2. The molecule has 90 valence electrons. The third-order valence-corrected chi connectivity index (χ3v) is 4.50. The molecule has 2 aromatic rings. The van der Waals surface area contributed by atoms with Gasteiger partial charge in [0.2, 0.25) is 0 Å². The maximum absolute atomic E-state index is 5.58. The summed E-state index contributed by atoms with van der Waals surface area (Å²) in [5, 5.41) is 1.15. The number of nitrogens with one attached hydrogen (secondary N) is 1. The quantitative estimate of drug-likeness (QED) is 0.462. The zero-order chi connectivity index (χ0) is 11.8. The predicted molar refractivity (Wildman–Crippen MR) is 71.2 cm³/mol. The first-order valence-electron chi connectivity index (χ1n) is 6.05. The number of nitrogens with two attached hydrogens (primary N) is 1. The number of fused-ring (bicyclic) bond motifs is 3. The van der Waals surface area contributed by atoms with Gasteiger partial charge in [0.15, 0.2) is 5.82 Å². The number of rotatable bonds is 1. The van der Waals surface area contributed by atoms with Gasteiger partial charge in [-0.3, -0.25) is 0 Å². The van der Waals surface area contributed by atoms with Gasteiger partial charge in [-0.15, -0.1) is 11.3 Å². The fourth-order valence-corrected chi connectivity index (χ4v) is 3.85. The molecule has 0 aromatic carbocycles. The number of hydrazine groups is 1. The summed E-state index contributed by atoms with van der Waals surface area (Å²) in [4.78, 5) is 11.5. The van der Waals surface area contributed by atoms with Crippen LogP contribution in [0.15, 0.2) is 0 Å². The molecule has 0 radical (unpaired) electrons. The van der Waals surface area contributed by atoms with Gasteiger partial charge in [-0.1, -0.05) is 6.42 Å². The summed E-state index contributed by atoms with van der Waals surface area (Å²) in [6.45, 7) is 1.91. The molecule has 2 aromatic heterocycles. The summed E-state index contributed by atoms with van der Waals surface area (Å²) < 4.78 is 0. The van der Waals surface area contributed by atoms with Crippen molar-refractivity contribution in [3.63, 3.8) is 0 Å². The first-order chi connectivity index (χ1) is 8.29. The van der Waals surface area contributed by atoms with Gasteiger partial charge in [0.1, 0.15) is 10.7 Å². The van der Waals surface area contributed by atoms with Crippen LogP contribution in [0.5, 0.6) is 0 Å². The molecule has 0 bridgehead atoms. The molecule has 3 N–H and O–H groups in total. The van der Waals surface area contributed by atoms with E-state index in [0.29, 0.717) is 0 Å². The predicted octanol–water partition coefficient (Wildman–Crippen LogP) is 2.55. The van der Waals surface area contributed by atoms with Gasteiger partial charge in [0, 0.05) is 4.88 Å². The smallest absolute Gasteiger partial charge is 0.152 e. The fraction of sp³-hybridized carbons (Fsp3) is 0.500. The van der Waals surface area contributed by atoms with Crippen LogP contribution in [0, 0.1) is 6.92 Å². The Morgan fingerprint density at radius 2 is 2.00 bits per heavy atom. The topological polar surface area (TPSA) is 63.8 Å². The van der Waals surface area contributed by atoms with Crippen LogP contribution < -0.4 is 11.3 Å². The highest BCUT2D eigenvalue weighted by atomic mass is 32.1. The van der Waals surface area contributed by atoms with Crippen LogP contribution in [-0.4, -0.2) is 9.97 Å². The van der Waals surface area contributed by atoms with Crippen molar-refractivity contribution in [2.45, 2.75) is 39.0 Å². The highest BCUT2D eigenvalue weighted by molar-refractivity contribution is 7.19. The lowest BCUT2D eigenvalue weighted by atomic mass is 10.1. The second-order valence-corrected chi connectivity index (χ2v) is 5.59. The average Bonchev–Trinajstić information content (AvgIpc) is 2.51. The van der Waals surface area contributed by atoms with E-state index in [2.05, 4.69) is 15.4 Å². The molecule has 0 atom stereocenters. The average molecular weight is 248 g/mol. The second-order valence-electron chi connectivity index (χ2n) is 4.51. The van der Waals surface area contributed by atoms with Crippen LogP contribution in [0.25, 0.3) is 10.2 Å². The summed E-state index contributed by atoms with van der Waals surface area (Å²) >= 11 is 1.81. The largest absolute Gasteiger partial charge is 0.308 e. The number of thiophene rings is 1. The Bertz CT molecular complexity index is 561. The maximum atomic E-state index is 5.58. The van der Waals surface area contributed by atoms with E-state index in [9.17, 15) is 0 Å². The normalized spacial score (nSPS) is 15.6. The number of anilines is 1. The molecule has 1 aliphatic rings. The van der Waals surface area contributed by atoms with Crippen molar-refractivity contribution >= 4 is 27.4 Å². The van der Waals surface area contributed by atoms with E-state index in [1.165, 1.54) is 36.1 Å². The van der Waals surface area contributed by atoms with E-state index in [4.69, 9.17) is 5.84 Å². The number of hydrogen-bond donors (Lipinski definition) is 2. The van der Waals surface area contributed by atoms with E-state index in [-0.39, 0.29) is 0 Å². The molecular formula is C12H16N4S. The summed E-state index contributed by atoms with van der Waals surface area (Å²) in [5.41, 5.74) is 4.15. The van der Waals surface area contributed by atoms with Crippen LogP contribution in [0.4, 0.5) is 5.82 Å². The van der Waals surface area contributed by atoms with Crippen molar-refractivity contribution in [1.82, 2.24) is 9.97 Å². The lowest BCUT2D eigenvalue weighted by Gasteiger charge is -2.05. The number of nitrogen functional groups attached to an aromatic ring is 1. The minimum atomic E-state index is 0.779. The number of hydrogen-bond acceptors (Lipinski definition) is 5. The maximum Gasteiger partial charge on any atom is 0.152 e. The molecule has 2 heterocycles. The van der Waals surface area contributed by atoms with Gasteiger partial charge in [-0.25, -0.2) is 15.8 Å². The van der Waals surface area contributed by atoms with Crippen LogP contribution >= 0.6 is 11.3 Å². The Morgan fingerprint density at radius 1 is 1.18 bits per heavy atom. The molecule has 0 aliphatic heterocycles. The minimum Gasteiger partial charge on any atom is -0.308 e. The van der Waals surface area contributed by atoms with E-state index in [0.717, 1.165) is 28.3 Å². The second kappa shape index (κ2) is 4.23. The number of nitrogens with zero attached hydrogens (tertiary/aromatic N) is 2. The van der Waals surface area contributed by atoms with Crippen molar-refractivity contribution in [3.8, 4) is 0 Å².